The van der Waals surface area contributed by atoms with Crippen molar-refractivity contribution in [2.75, 3.05) is 0 Å². The Hall–Kier alpha value is -1.67. The lowest BCUT2D eigenvalue weighted by Gasteiger charge is -1.97. The standard InChI is InChI=1S/C12H9ClN2/c13-12(10-6-2-1-3-7-10)15-11-8-4-5-9-14-11/h1-9H. The second kappa shape index (κ2) is 4.71. The molecule has 0 saturated heterocycles. The maximum Gasteiger partial charge on any atom is 0.153 e. The summed E-state index contributed by atoms with van der Waals surface area (Å²) < 4.78 is 0. The molecule has 1 heterocycles. The highest BCUT2D eigenvalue weighted by molar-refractivity contribution is 6.69. The third-order valence-electron chi connectivity index (χ3n) is 1.87. The van der Waals surface area contributed by atoms with Crippen molar-refractivity contribution in [3.05, 3.63) is 60.3 Å². The number of aromatic nitrogens is 1. The van der Waals surface area contributed by atoms with Gasteiger partial charge in [-0.15, -0.1) is 0 Å². The Morgan fingerprint density at radius 3 is 2.40 bits per heavy atom. The van der Waals surface area contributed by atoms with Gasteiger partial charge in [0.2, 0.25) is 0 Å². The van der Waals surface area contributed by atoms with Gasteiger partial charge in [0, 0.05) is 11.8 Å². The van der Waals surface area contributed by atoms with Crippen molar-refractivity contribution in [2.45, 2.75) is 0 Å². The number of hydrogen-bond acceptors (Lipinski definition) is 2. The van der Waals surface area contributed by atoms with E-state index in [2.05, 4.69) is 9.98 Å². The molecule has 0 bridgehead atoms. The zero-order valence-electron chi connectivity index (χ0n) is 7.97. The van der Waals surface area contributed by atoms with E-state index in [-0.39, 0.29) is 0 Å². The highest BCUT2D eigenvalue weighted by Crippen LogP contribution is 2.11. The molecule has 0 atom stereocenters. The van der Waals surface area contributed by atoms with E-state index in [1.807, 2.05) is 48.5 Å². The maximum atomic E-state index is 6.05. The van der Waals surface area contributed by atoms with Crippen molar-refractivity contribution in [1.82, 2.24) is 4.98 Å². The summed E-state index contributed by atoms with van der Waals surface area (Å²) in [4.78, 5) is 8.27. The van der Waals surface area contributed by atoms with Gasteiger partial charge in [-0.1, -0.05) is 48.0 Å². The van der Waals surface area contributed by atoms with Gasteiger partial charge in [0.15, 0.2) is 5.82 Å². The Labute approximate surface area is 93.3 Å². The largest absolute Gasteiger partial charge is 0.237 e. The molecule has 15 heavy (non-hydrogen) atoms. The van der Waals surface area contributed by atoms with E-state index in [9.17, 15) is 0 Å². The topological polar surface area (TPSA) is 25.2 Å². The van der Waals surface area contributed by atoms with Gasteiger partial charge in [-0.25, -0.2) is 9.98 Å². The van der Waals surface area contributed by atoms with E-state index in [0.29, 0.717) is 11.0 Å². The van der Waals surface area contributed by atoms with Crippen molar-refractivity contribution in [2.24, 2.45) is 4.99 Å². The fourth-order valence-electron chi connectivity index (χ4n) is 1.16. The third-order valence-corrected chi connectivity index (χ3v) is 2.18. The fourth-order valence-corrected chi connectivity index (χ4v) is 1.37. The van der Waals surface area contributed by atoms with E-state index < -0.39 is 0 Å². The molecule has 0 unspecified atom stereocenters. The van der Waals surface area contributed by atoms with Crippen molar-refractivity contribution < 1.29 is 0 Å². The fraction of sp³-hybridized carbons (Fsp3) is 0. The average molecular weight is 217 g/mol. The summed E-state index contributed by atoms with van der Waals surface area (Å²) in [5.74, 6) is 0.617. The van der Waals surface area contributed by atoms with Crippen molar-refractivity contribution in [3.8, 4) is 0 Å². The number of nitrogens with zero attached hydrogens (tertiary/aromatic N) is 2. The van der Waals surface area contributed by atoms with Crippen LogP contribution in [0.25, 0.3) is 0 Å². The molecular weight excluding hydrogens is 208 g/mol. The molecule has 0 spiro atoms. The summed E-state index contributed by atoms with van der Waals surface area (Å²) in [5.41, 5.74) is 0.893. The number of pyridine rings is 1. The Kier molecular flexibility index (Phi) is 3.10. The molecule has 2 rings (SSSR count). The number of aliphatic imine (C=N–C) groups is 1. The molecule has 0 N–H and O–H groups in total. The van der Waals surface area contributed by atoms with Crippen molar-refractivity contribution in [3.63, 3.8) is 0 Å². The average Bonchev–Trinajstić information content (AvgIpc) is 2.31. The smallest absolute Gasteiger partial charge is 0.153 e. The Morgan fingerprint density at radius 1 is 1.00 bits per heavy atom. The molecule has 0 amide bonds. The highest BCUT2D eigenvalue weighted by Gasteiger charge is 1.98. The molecule has 1 aromatic heterocycles. The quantitative estimate of drug-likeness (QED) is 0.707. The molecule has 0 aliphatic carbocycles. The second-order valence-corrected chi connectivity index (χ2v) is 3.31. The van der Waals surface area contributed by atoms with Crippen LogP contribution in [-0.4, -0.2) is 10.2 Å². The van der Waals surface area contributed by atoms with Crippen LogP contribution in [0.15, 0.2) is 59.7 Å². The molecular formula is C12H9ClN2. The second-order valence-electron chi connectivity index (χ2n) is 2.96. The van der Waals surface area contributed by atoms with Crippen LogP contribution >= 0.6 is 11.6 Å². The van der Waals surface area contributed by atoms with E-state index >= 15 is 0 Å². The van der Waals surface area contributed by atoms with Gasteiger partial charge < -0.3 is 0 Å². The van der Waals surface area contributed by atoms with Crippen molar-refractivity contribution >= 4 is 22.6 Å². The molecule has 0 fully saturated rings. The summed E-state index contributed by atoms with van der Waals surface area (Å²) in [6.45, 7) is 0. The normalized spacial score (nSPS) is 11.4. The van der Waals surface area contributed by atoms with E-state index in [1.165, 1.54) is 0 Å². The van der Waals surface area contributed by atoms with Crippen LogP contribution in [0.5, 0.6) is 0 Å². The highest BCUT2D eigenvalue weighted by atomic mass is 35.5. The first-order valence-corrected chi connectivity index (χ1v) is 4.95. The van der Waals surface area contributed by atoms with Gasteiger partial charge in [-0.05, 0) is 12.1 Å². The minimum atomic E-state index is 0.453. The van der Waals surface area contributed by atoms with E-state index in [4.69, 9.17) is 11.6 Å². The summed E-state index contributed by atoms with van der Waals surface area (Å²) in [6, 6.07) is 15.1. The molecule has 3 heteroatoms. The lowest BCUT2D eigenvalue weighted by atomic mass is 10.2. The predicted octanol–water partition coefficient (Wildman–Crippen LogP) is 3.40. The van der Waals surface area contributed by atoms with Crippen LogP contribution in [0, 0.1) is 0 Å². The Balaban J connectivity index is 2.29. The van der Waals surface area contributed by atoms with Gasteiger partial charge in [-0.3, -0.25) is 0 Å². The van der Waals surface area contributed by atoms with Crippen LogP contribution in [0.3, 0.4) is 0 Å². The first-order valence-electron chi connectivity index (χ1n) is 4.57. The monoisotopic (exact) mass is 216 g/mol. The molecule has 2 nitrogen and oxygen atoms in total. The van der Waals surface area contributed by atoms with Gasteiger partial charge in [0.1, 0.15) is 5.17 Å². The SMILES string of the molecule is ClC(=Nc1ccccn1)c1ccccc1. The molecule has 1 aromatic carbocycles. The van der Waals surface area contributed by atoms with Crippen LogP contribution in [0.4, 0.5) is 5.82 Å². The predicted molar refractivity (Wildman–Crippen MR) is 62.7 cm³/mol. The first kappa shape index (κ1) is 9.87. The Morgan fingerprint density at radius 2 is 1.73 bits per heavy atom. The van der Waals surface area contributed by atoms with Crippen LogP contribution in [-0.2, 0) is 0 Å². The number of benzene rings is 1. The van der Waals surface area contributed by atoms with Crippen LogP contribution in [0.2, 0.25) is 0 Å². The summed E-state index contributed by atoms with van der Waals surface area (Å²) in [7, 11) is 0. The lowest BCUT2D eigenvalue weighted by molar-refractivity contribution is 1.28. The summed E-state index contributed by atoms with van der Waals surface area (Å²) >= 11 is 6.05. The zero-order valence-corrected chi connectivity index (χ0v) is 8.72. The number of hydrogen-bond donors (Lipinski definition) is 0. The molecule has 74 valence electrons. The molecule has 0 saturated carbocycles. The van der Waals surface area contributed by atoms with Gasteiger partial charge in [0.25, 0.3) is 0 Å². The zero-order chi connectivity index (χ0) is 10.5. The minimum Gasteiger partial charge on any atom is -0.237 e. The first-order chi connectivity index (χ1) is 7.36. The summed E-state index contributed by atoms with van der Waals surface area (Å²) in [5, 5.41) is 0.453. The number of halogens is 1. The minimum absolute atomic E-state index is 0.453. The lowest BCUT2D eigenvalue weighted by Crippen LogP contribution is -1.89. The van der Waals surface area contributed by atoms with Crippen LogP contribution < -0.4 is 0 Å². The molecule has 0 aliphatic heterocycles. The summed E-state index contributed by atoms with van der Waals surface area (Å²) in [6.07, 6.45) is 1.69. The van der Waals surface area contributed by atoms with E-state index in [0.717, 1.165) is 5.56 Å². The third kappa shape index (κ3) is 2.64. The molecule has 0 aliphatic rings. The maximum absolute atomic E-state index is 6.05. The Bertz CT molecular complexity index is 452. The number of rotatable bonds is 2. The van der Waals surface area contributed by atoms with Gasteiger partial charge in [0.05, 0.1) is 0 Å². The van der Waals surface area contributed by atoms with Gasteiger partial charge >= 0.3 is 0 Å². The molecule has 0 radical (unpaired) electrons. The van der Waals surface area contributed by atoms with E-state index in [1.54, 1.807) is 6.20 Å². The van der Waals surface area contributed by atoms with Gasteiger partial charge in [-0.2, -0.15) is 0 Å². The van der Waals surface area contributed by atoms with Crippen molar-refractivity contribution in [1.29, 1.82) is 0 Å². The van der Waals surface area contributed by atoms with Crippen LogP contribution in [0.1, 0.15) is 5.56 Å². The molecule has 2 aromatic rings.